The molecule has 0 fully saturated rings. The number of carbonyl (C=O) groups is 1. The Morgan fingerprint density at radius 2 is 1.78 bits per heavy atom. The van der Waals surface area contributed by atoms with Crippen molar-refractivity contribution in [3.05, 3.63) is 94.8 Å². The molecule has 0 aliphatic carbocycles. The number of amides is 1. The molecule has 2 heterocycles. The molecule has 11 heteroatoms. The van der Waals surface area contributed by atoms with E-state index >= 15 is 0 Å². The van der Waals surface area contributed by atoms with Crippen molar-refractivity contribution in [1.29, 1.82) is 5.26 Å². The van der Waals surface area contributed by atoms with E-state index in [1.807, 2.05) is 0 Å². The maximum atomic E-state index is 13.4. The molecule has 180 valence electrons. The van der Waals surface area contributed by atoms with E-state index in [-0.39, 0.29) is 27.3 Å². The first-order valence-corrected chi connectivity index (χ1v) is 11.4. The smallest absolute Gasteiger partial charge is 0.433 e. The number of aromatic nitrogens is 2. The van der Waals surface area contributed by atoms with Crippen molar-refractivity contribution in [1.82, 2.24) is 9.97 Å². The predicted molar refractivity (Wildman–Crippen MR) is 129 cm³/mol. The molecule has 0 saturated carbocycles. The second kappa shape index (κ2) is 10.7. The van der Waals surface area contributed by atoms with Gasteiger partial charge in [-0.05, 0) is 54.2 Å². The first-order valence-electron chi connectivity index (χ1n) is 10.2. The second-order valence-corrected chi connectivity index (χ2v) is 8.58. The number of carbonyl (C=O) groups excluding carboxylic acids is 1. The van der Waals surface area contributed by atoms with Gasteiger partial charge in [-0.3, -0.25) is 4.79 Å². The van der Waals surface area contributed by atoms with E-state index in [1.165, 1.54) is 18.2 Å². The normalized spacial score (nSPS) is 11.7. The van der Waals surface area contributed by atoms with E-state index in [4.69, 9.17) is 16.0 Å². The number of anilines is 1. The highest BCUT2D eigenvalue weighted by Gasteiger charge is 2.34. The minimum Gasteiger partial charge on any atom is -0.450 e. The number of alkyl halides is 3. The average molecular weight is 527 g/mol. The van der Waals surface area contributed by atoms with E-state index < -0.39 is 17.8 Å². The zero-order valence-electron chi connectivity index (χ0n) is 18.1. The van der Waals surface area contributed by atoms with Gasteiger partial charge in [0.1, 0.15) is 23.1 Å². The lowest BCUT2D eigenvalue weighted by atomic mass is 10.1. The van der Waals surface area contributed by atoms with E-state index in [9.17, 15) is 23.2 Å². The monoisotopic (exact) mass is 526 g/mol. The highest BCUT2D eigenvalue weighted by Crippen LogP contribution is 2.34. The molecule has 0 radical (unpaired) electrons. The van der Waals surface area contributed by atoms with Crippen LogP contribution in [-0.2, 0) is 11.0 Å². The van der Waals surface area contributed by atoms with Crippen LogP contribution in [0.5, 0.6) is 0 Å². The predicted octanol–water partition coefficient (Wildman–Crippen LogP) is 7.11. The van der Waals surface area contributed by atoms with Gasteiger partial charge in [0, 0.05) is 22.3 Å². The van der Waals surface area contributed by atoms with Gasteiger partial charge < -0.3 is 9.73 Å². The van der Waals surface area contributed by atoms with Gasteiger partial charge in [-0.1, -0.05) is 41.9 Å². The number of nitriles is 1. The first kappa shape index (κ1) is 25.0. The van der Waals surface area contributed by atoms with Crippen LogP contribution in [0.15, 0.2) is 93.0 Å². The first-order chi connectivity index (χ1) is 17.2. The number of furan rings is 1. The maximum absolute atomic E-state index is 13.4. The summed E-state index contributed by atoms with van der Waals surface area (Å²) in [6.07, 6.45) is -3.45. The number of hydrogen-bond acceptors (Lipinski definition) is 6. The molecule has 4 aromatic rings. The topological polar surface area (TPSA) is 91.8 Å². The Labute approximate surface area is 212 Å². The van der Waals surface area contributed by atoms with Crippen LogP contribution in [0.25, 0.3) is 17.3 Å². The highest BCUT2D eigenvalue weighted by molar-refractivity contribution is 7.99. The molecular formula is C25H14ClF3N4O2S. The fourth-order valence-electron chi connectivity index (χ4n) is 2.95. The fourth-order valence-corrected chi connectivity index (χ4v) is 3.82. The lowest BCUT2D eigenvalue weighted by molar-refractivity contribution is -0.141. The molecular weight excluding hydrogens is 513 g/mol. The molecule has 0 bridgehead atoms. The molecule has 1 N–H and O–H groups in total. The van der Waals surface area contributed by atoms with Crippen LogP contribution in [0.1, 0.15) is 11.5 Å². The Bertz CT molecular complexity index is 1460. The summed E-state index contributed by atoms with van der Waals surface area (Å²) in [5.41, 5.74) is -0.274. The van der Waals surface area contributed by atoms with Crippen molar-refractivity contribution in [2.24, 2.45) is 0 Å². The van der Waals surface area contributed by atoms with Gasteiger partial charge in [0.2, 0.25) is 0 Å². The Hall–Kier alpha value is -4.07. The van der Waals surface area contributed by atoms with Gasteiger partial charge in [0.15, 0.2) is 10.2 Å². The van der Waals surface area contributed by atoms with Crippen molar-refractivity contribution in [3.63, 3.8) is 0 Å². The Kier molecular flexibility index (Phi) is 7.43. The third-order valence-corrected chi connectivity index (χ3v) is 5.65. The Morgan fingerprint density at radius 3 is 2.44 bits per heavy atom. The summed E-state index contributed by atoms with van der Waals surface area (Å²) in [5, 5.41) is 12.5. The summed E-state index contributed by atoms with van der Waals surface area (Å²) < 4.78 is 45.9. The molecule has 0 aliphatic heterocycles. The zero-order valence-corrected chi connectivity index (χ0v) is 19.7. The van der Waals surface area contributed by atoms with E-state index in [0.29, 0.717) is 16.3 Å². The van der Waals surface area contributed by atoms with Crippen LogP contribution in [-0.4, -0.2) is 15.9 Å². The van der Waals surface area contributed by atoms with E-state index in [0.717, 1.165) is 17.8 Å². The Balaban J connectivity index is 1.56. The number of benzene rings is 2. The van der Waals surface area contributed by atoms with Crippen LogP contribution in [0.4, 0.5) is 18.9 Å². The molecule has 36 heavy (non-hydrogen) atoms. The average Bonchev–Trinajstić information content (AvgIpc) is 3.30. The van der Waals surface area contributed by atoms with E-state index in [1.54, 1.807) is 60.7 Å². The SMILES string of the molecule is N#C/C(=C\c1ccc(Sc2nc(-c3ccccc3)cc(C(F)(F)F)n2)o1)C(=O)Nc1ccc(Cl)cc1. The van der Waals surface area contributed by atoms with Crippen LogP contribution < -0.4 is 5.32 Å². The zero-order chi connectivity index (χ0) is 25.7. The number of halogens is 4. The Morgan fingerprint density at radius 1 is 1.06 bits per heavy atom. The van der Waals surface area contributed by atoms with Crippen LogP contribution in [0, 0.1) is 11.3 Å². The van der Waals surface area contributed by atoms with Crippen molar-refractivity contribution < 1.29 is 22.4 Å². The van der Waals surface area contributed by atoms with Gasteiger partial charge in [-0.15, -0.1) is 0 Å². The summed E-state index contributed by atoms with van der Waals surface area (Å²) in [6, 6.07) is 20.4. The van der Waals surface area contributed by atoms with Gasteiger partial charge in [0.05, 0.1) is 5.69 Å². The van der Waals surface area contributed by atoms with Crippen LogP contribution in [0.2, 0.25) is 5.02 Å². The molecule has 0 atom stereocenters. The maximum Gasteiger partial charge on any atom is 0.433 e. The fraction of sp³-hybridized carbons (Fsp3) is 0.0400. The number of nitrogens with one attached hydrogen (secondary N) is 1. The van der Waals surface area contributed by atoms with Crippen molar-refractivity contribution >= 4 is 41.0 Å². The van der Waals surface area contributed by atoms with Crippen molar-refractivity contribution in [2.45, 2.75) is 16.4 Å². The van der Waals surface area contributed by atoms with Crippen LogP contribution in [0.3, 0.4) is 0 Å². The standard InChI is InChI=1S/C25H14ClF3N4O2S/c26-17-6-8-18(9-7-17)31-23(34)16(14-30)12-19-10-11-22(35-19)36-24-32-20(15-4-2-1-3-5-15)13-21(33-24)25(27,28)29/h1-13H,(H,31,34)/b16-12+. The molecule has 0 aliphatic rings. The lowest BCUT2D eigenvalue weighted by Crippen LogP contribution is -2.13. The third kappa shape index (κ3) is 6.33. The molecule has 4 rings (SSSR count). The number of nitrogens with zero attached hydrogens (tertiary/aromatic N) is 3. The number of rotatable bonds is 6. The minimum absolute atomic E-state index is 0.109. The molecule has 2 aromatic heterocycles. The minimum atomic E-state index is -4.67. The quantitative estimate of drug-likeness (QED) is 0.163. The van der Waals surface area contributed by atoms with Crippen molar-refractivity contribution in [3.8, 4) is 17.3 Å². The molecule has 1 amide bonds. The number of hydrogen-bond donors (Lipinski definition) is 1. The molecule has 0 unspecified atom stereocenters. The largest absolute Gasteiger partial charge is 0.450 e. The summed E-state index contributed by atoms with van der Waals surface area (Å²) in [6.45, 7) is 0. The van der Waals surface area contributed by atoms with Gasteiger partial charge >= 0.3 is 6.18 Å². The van der Waals surface area contributed by atoms with Gasteiger partial charge in [-0.2, -0.15) is 18.4 Å². The van der Waals surface area contributed by atoms with Gasteiger partial charge in [-0.25, -0.2) is 9.97 Å². The second-order valence-electron chi connectivity index (χ2n) is 7.17. The van der Waals surface area contributed by atoms with Crippen LogP contribution >= 0.6 is 23.4 Å². The molecule has 0 saturated heterocycles. The summed E-state index contributed by atoms with van der Waals surface area (Å²) in [5.74, 6) is -0.519. The summed E-state index contributed by atoms with van der Waals surface area (Å²) >= 11 is 6.60. The summed E-state index contributed by atoms with van der Waals surface area (Å²) in [7, 11) is 0. The molecule has 6 nitrogen and oxygen atoms in total. The molecule has 0 spiro atoms. The third-order valence-electron chi connectivity index (χ3n) is 4.61. The van der Waals surface area contributed by atoms with E-state index in [2.05, 4.69) is 15.3 Å². The van der Waals surface area contributed by atoms with Gasteiger partial charge in [0.25, 0.3) is 5.91 Å². The molecule has 2 aromatic carbocycles. The van der Waals surface area contributed by atoms with Crippen molar-refractivity contribution in [2.75, 3.05) is 5.32 Å². The lowest BCUT2D eigenvalue weighted by Gasteiger charge is -2.10. The highest BCUT2D eigenvalue weighted by atomic mass is 35.5. The summed E-state index contributed by atoms with van der Waals surface area (Å²) in [4.78, 5) is 20.3.